The van der Waals surface area contributed by atoms with E-state index in [1.165, 1.54) is 5.56 Å². The van der Waals surface area contributed by atoms with Crippen molar-refractivity contribution < 1.29 is 9.53 Å². The zero-order chi connectivity index (χ0) is 22.1. The summed E-state index contributed by atoms with van der Waals surface area (Å²) in [6, 6.07) is 8.62. The Morgan fingerprint density at radius 1 is 1.26 bits per heavy atom. The Morgan fingerprint density at radius 2 is 1.94 bits per heavy atom. The van der Waals surface area contributed by atoms with E-state index >= 15 is 0 Å². The van der Waals surface area contributed by atoms with Gasteiger partial charge in [-0.1, -0.05) is 46.8 Å². The second kappa shape index (κ2) is 13.1. The summed E-state index contributed by atoms with van der Waals surface area (Å²) in [4.78, 5) is 18.8. The smallest absolute Gasteiger partial charge is 0.225 e. The van der Waals surface area contributed by atoms with E-state index in [0.29, 0.717) is 19.2 Å². The third kappa shape index (κ3) is 9.25. The van der Waals surface area contributed by atoms with Crippen LogP contribution in [0.5, 0.6) is 5.75 Å². The van der Waals surface area contributed by atoms with Crippen molar-refractivity contribution in [2.45, 2.75) is 65.8 Å². The normalized spacial score (nSPS) is 15.5. The summed E-state index contributed by atoms with van der Waals surface area (Å²) in [5.74, 6) is 2.02. The number of likely N-dealkylation sites (tertiary alicyclic amines) is 1. The summed E-state index contributed by atoms with van der Waals surface area (Å²) in [7, 11) is 0. The lowest BCUT2D eigenvalue weighted by Gasteiger charge is -2.34. The van der Waals surface area contributed by atoms with Gasteiger partial charge in [-0.15, -0.1) is 24.0 Å². The van der Waals surface area contributed by atoms with E-state index in [1.54, 1.807) is 0 Å². The van der Waals surface area contributed by atoms with Crippen LogP contribution in [-0.4, -0.2) is 55.6 Å². The average Bonchev–Trinajstić information content (AvgIpc) is 2.71. The van der Waals surface area contributed by atoms with Crippen molar-refractivity contribution in [3.63, 3.8) is 0 Å². The Morgan fingerprint density at radius 3 is 2.52 bits per heavy atom. The monoisotopic (exact) mass is 544 g/mol. The van der Waals surface area contributed by atoms with Crippen molar-refractivity contribution in [2.24, 2.45) is 10.9 Å². The first kappa shape index (κ1) is 27.5. The Hall–Kier alpha value is -1.51. The molecule has 176 valence electrons. The number of rotatable bonds is 7. The molecule has 0 unspecified atom stereocenters. The van der Waals surface area contributed by atoms with Crippen molar-refractivity contribution in [1.82, 2.24) is 15.5 Å². The highest BCUT2D eigenvalue weighted by molar-refractivity contribution is 14.0. The molecule has 1 heterocycles. The number of piperidine rings is 1. The van der Waals surface area contributed by atoms with Gasteiger partial charge in [0.1, 0.15) is 12.4 Å². The summed E-state index contributed by atoms with van der Waals surface area (Å²) >= 11 is 0. The average molecular weight is 545 g/mol. The van der Waals surface area contributed by atoms with Gasteiger partial charge in [0, 0.05) is 31.6 Å². The fraction of sp³-hybridized carbons (Fsp3) is 0.667. The number of carbonyl (C=O) groups is 1. The molecular formula is C24H41IN4O2. The largest absolute Gasteiger partial charge is 0.492 e. The molecule has 0 saturated carbocycles. The second-order valence-electron chi connectivity index (χ2n) is 9.29. The van der Waals surface area contributed by atoms with Crippen molar-refractivity contribution in [2.75, 3.05) is 32.8 Å². The third-order valence-electron chi connectivity index (χ3n) is 5.32. The van der Waals surface area contributed by atoms with E-state index in [2.05, 4.69) is 55.5 Å². The van der Waals surface area contributed by atoms with Crippen LogP contribution in [-0.2, 0) is 10.2 Å². The summed E-state index contributed by atoms with van der Waals surface area (Å²) in [6.07, 6.45) is 1.89. The maximum atomic E-state index is 12.2. The molecule has 1 aromatic rings. The summed E-state index contributed by atoms with van der Waals surface area (Å²) in [5, 5.41) is 6.83. The Labute approximate surface area is 205 Å². The number of nitrogens with zero attached hydrogens (tertiary/aromatic N) is 2. The molecular weight excluding hydrogens is 503 g/mol. The van der Waals surface area contributed by atoms with Gasteiger partial charge in [0.2, 0.25) is 5.91 Å². The van der Waals surface area contributed by atoms with Crippen molar-refractivity contribution in [3.8, 4) is 5.75 Å². The molecule has 0 aromatic heterocycles. The van der Waals surface area contributed by atoms with E-state index in [4.69, 9.17) is 4.74 Å². The molecule has 1 saturated heterocycles. The van der Waals surface area contributed by atoms with Gasteiger partial charge in [-0.05, 0) is 42.9 Å². The minimum absolute atomic E-state index is 0. The summed E-state index contributed by atoms with van der Waals surface area (Å²) in [5.41, 5.74) is 1.37. The number of guanidine groups is 1. The van der Waals surface area contributed by atoms with E-state index in [9.17, 15) is 4.79 Å². The van der Waals surface area contributed by atoms with Gasteiger partial charge >= 0.3 is 0 Å². The summed E-state index contributed by atoms with van der Waals surface area (Å²) in [6.45, 7) is 16.1. The van der Waals surface area contributed by atoms with Crippen LogP contribution in [0.3, 0.4) is 0 Å². The van der Waals surface area contributed by atoms with Gasteiger partial charge < -0.3 is 20.3 Å². The Balaban J connectivity index is 0.00000480. The molecule has 1 aliphatic rings. The van der Waals surface area contributed by atoms with Crippen LogP contribution in [0.15, 0.2) is 29.3 Å². The van der Waals surface area contributed by atoms with Gasteiger partial charge in [-0.2, -0.15) is 0 Å². The first-order valence-electron chi connectivity index (χ1n) is 11.3. The third-order valence-corrected chi connectivity index (χ3v) is 5.32. The SMILES string of the molecule is CCNC(=NCCOc1cccc(C(C)(C)C)c1)NC1CCN(C(=O)C(C)C)CC1.I. The molecule has 31 heavy (non-hydrogen) atoms. The number of benzene rings is 1. The number of amides is 1. The van der Waals surface area contributed by atoms with Crippen LogP contribution in [0, 0.1) is 5.92 Å². The quantitative estimate of drug-likeness (QED) is 0.234. The number of hydrogen-bond acceptors (Lipinski definition) is 3. The number of carbonyl (C=O) groups excluding carboxylic acids is 1. The van der Waals surface area contributed by atoms with Gasteiger partial charge in [0.05, 0.1) is 6.54 Å². The van der Waals surface area contributed by atoms with Gasteiger partial charge in [-0.25, -0.2) is 4.99 Å². The van der Waals surface area contributed by atoms with Crippen molar-refractivity contribution >= 4 is 35.8 Å². The predicted molar refractivity (Wildman–Crippen MR) is 140 cm³/mol. The van der Waals surface area contributed by atoms with Crippen LogP contribution in [0.4, 0.5) is 0 Å². The lowest BCUT2D eigenvalue weighted by molar-refractivity contribution is -0.135. The van der Waals surface area contributed by atoms with Gasteiger partial charge in [-0.3, -0.25) is 4.79 Å². The van der Waals surface area contributed by atoms with Crippen LogP contribution >= 0.6 is 24.0 Å². The molecule has 1 aliphatic heterocycles. The minimum Gasteiger partial charge on any atom is -0.492 e. The minimum atomic E-state index is 0. The van der Waals surface area contributed by atoms with E-state index in [0.717, 1.165) is 44.2 Å². The highest BCUT2D eigenvalue weighted by Crippen LogP contribution is 2.25. The molecule has 2 N–H and O–H groups in total. The maximum Gasteiger partial charge on any atom is 0.225 e. The molecule has 0 aliphatic carbocycles. The van der Waals surface area contributed by atoms with E-state index < -0.39 is 0 Å². The molecule has 0 spiro atoms. The molecule has 1 fully saturated rings. The number of ether oxygens (including phenoxy) is 1. The number of aliphatic imine (C=N–C) groups is 1. The molecule has 1 amide bonds. The zero-order valence-electron chi connectivity index (χ0n) is 20.0. The Kier molecular flexibility index (Phi) is 11.7. The fourth-order valence-electron chi connectivity index (χ4n) is 3.50. The van der Waals surface area contributed by atoms with Crippen LogP contribution in [0.1, 0.15) is 59.9 Å². The first-order chi connectivity index (χ1) is 14.2. The molecule has 2 rings (SSSR count). The fourth-order valence-corrected chi connectivity index (χ4v) is 3.50. The highest BCUT2D eigenvalue weighted by atomic mass is 127. The standard InChI is InChI=1S/C24H40N4O2.HI/c1-7-25-23(27-20-11-14-28(15-12-20)22(29)18(2)3)26-13-16-30-21-10-8-9-19(17-21)24(4,5)6;/h8-10,17-18,20H,7,11-16H2,1-6H3,(H2,25,26,27);1H. The molecule has 0 bridgehead atoms. The molecule has 6 nitrogen and oxygen atoms in total. The number of nitrogens with one attached hydrogen (secondary N) is 2. The topological polar surface area (TPSA) is 66.0 Å². The van der Waals surface area contributed by atoms with Crippen molar-refractivity contribution in [3.05, 3.63) is 29.8 Å². The van der Waals surface area contributed by atoms with Gasteiger partial charge in [0.25, 0.3) is 0 Å². The van der Waals surface area contributed by atoms with E-state index in [-0.39, 0.29) is 41.2 Å². The molecule has 7 heteroatoms. The maximum absolute atomic E-state index is 12.2. The van der Waals surface area contributed by atoms with E-state index in [1.807, 2.05) is 30.9 Å². The predicted octanol–water partition coefficient (Wildman–Crippen LogP) is 4.18. The Bertz CT molecular complexity index is 708. The zero-order valence-corrected chi connectivity index (χ0v) is 22.4. The van der Waals surface area contributed by atoms with Crippen LogP contribution < -0.4 is 15.4 Å². The number of hydrogen-bond donors (Lipinski definition) is 2. The molecule has 0 radical (unpaired) electrons. The highest BCUT2D eigenvalue weighted by Gasteiger charge is 2.24. The van der Waals surface area contributed by atoms with Crippen LogP contribution in [0.2, 0.25) is 0 Å². The number of halogens is 1. The van der Waals surface area contributed by atoms with Crippen LogP contribution in [0.25, 0.3) is 0 Å². The molecule has 0 atom stereocenters. The second-order valence-corrected chi connectivity index (χ2v) is 9.29. The lowest BCUT2D eigenvalue weighted by Crippen LogP contribution is -2.50. The first-order valence-corrected chi connectivity index (χ1v) is 11.3. The van der Waals surface area contributed by atoms with Gasteiger partial charge in [0.15, 0.2) is 5.96 Å². The molecule has 1 aromatic carbocycles. The lowest BCUT2D eigenvalue weighted by atomic mass is 9.87. The summed E-state index contributed by atoms with van der Waals surface area (Å²) < 4.78 is 5.92. The van der Waals surface area contributed by atoms with Crippen molar-refractivity contribution in [1.29, 1.82) is 0 Å².